The van der Waals surface area contributed by atoms with Gasteiger partial charge in [-0.15, -0.1) is 0 Å². The third-order valence-corrected chi connectivity index (χ3v) is 6.44. The van der Waals surface area contributed by atoms with E-state index in [-0.39, 0.29) is 23.6 Å². The summed E-state index contributed by atoms with van der Waals surface area (Å²) in [5, 5.41) is 9.74. The van der Waals surface area contributed by atoms with Crippen LogP contribution in [0.15, 0.2) is 18.3 Å². The molecule has 0 bridgehead atoms. The summed E-state index contributed by atoms with van der Waals surface area (Å²) in [7, 11) is 0. The zero-order valence-electron chi connectivity index (χ0n) is 17.1. The van der Waals surface area contributed by atoms with Crippen molar-refractivity contribution in [2.75, 3.05) is 19.6 Å². The number of carbonyl (C=O) groups is 3. The Balaban J connectivity index is 1.60. The lowest BCUT2D eigenvalue weighted by atomic mass is 9.76. The van der Waals surface area contributed by atoms with E-state index in [2.05, 4.69) is 4.98 Å². The number of hydrogen-bond acceptors (Lipinski definition) is 4. The molecule has 160 valence electrons. The van der Waals surface area contributed by atoms with Gasteiger partial charge in [-0.05, 0) is 43.2 Å². The van der Waals surface area contributed by atoms with Gasteiger partial charge in [0.05, 0.1) is 0 Å². The molecule has 30 heavy (non-hydrogen) atoms. The van der Waals surface area contributed by atoms with Gasteiger partial charge >= 0.3 is 5.97 Å². The lowest BCUT2D eigenvalue weighted by Gasteiger charge is -2.39. The maximum Gasteiger partial charge on any atom is 0.326 e. The van der Waals surface area contributed by atoms with Gasteiger partial charge in [-0.2, -0.15) is 4.39 Å². The SMILES string of the molecule is CCC(=O)N1CCC2(CC1)CC(C(=O)O)N(C(=O)c1nc3ccc(C)cn3c1F)C2. The largest absolute Gasteiger partial charge is 0.480 e. The number of aliphatic carboxylic acids is 1. The summed E-state index contributed by atoms with van der Waals surface area (Å²) in [6.07, 6.45) is 3.53. The van der Waals surface area contributed by atoms with E-state index in [1.54, 1.807) is 30.2 Å². The van der Waals surface area contributed by atoms with E-state index in [1.165, 1.54) is 9.30 Å². The first-order valence-corrected chi connectivity index (χ1v) is 10.2. The first-order valence-electron chi connectivity index (χ1n) is 10.2. The van der Waals surface area contributed by atoms with Crippen molar-refractivity contribution < 1.29 is 23.9 Å². The Bertz CT molecular complexity index is 1030. The van der Waals surface area contributed by atoms with Gasteiger partial charge in [0, 0.05) is 32.3 Å². The lowest BCUT2D eigenvalue weighted by Crippen LogP contribution is -2.44. The monoisotopic (exact) mass is 416 g/mol. The molecule has 2 aromatic heterocycles. The van der Waals surface area contributed by atoms with Crippen LogP contribution in [0.25, 0.3) is 5.65 Å². The molecule has 0 aromatic carbocycles. The highest BCUT2D eigenvalue weighted by molar-refractivity contribution is 5.96. The number of amides is 2. The molecule has 0 aliphatic carbocycles. The summed E-state index contributed by atoms with van der Waals surface area (Å²) < 4.78 is 16.1. The fourth-order valence-electron chi connectivity index (χ4n) is 4.70. The lowest BCUT2D eigenvalue weighted by molar-refractivity contribution is -0.141. The van der Waals surface area contributed by atoms with Crippen LogP contribution in [-0.4, -0.2) is 67.8 Å². The molecule has 2 aliphatic heterocycles. The van der Waals surface area contributed by atoms with Crippen molar-refractivity contribution in [3.63, 3.8) is 0 Å². The number of pyridine rings is 1. The Morgan fingerprint density at radius 2 is 1.97 bits per heavy atom. The number of carbonyl (C=O) groups excluding carboxylic acids is 2. The first-order chi connectivity index (χ1) is 14.2. The molecule has 1 unspecified atom stereocenters. The highest BCUT2D eigenvalue weighted by atomic mass is 19.1. The Labute approximate surface area is 173 Å². The average molecular weight is 416 g/mol. The minimum Gasteiger partial charge on any atom is -0.480 e. The van der Waals surface area contributed by atoms with Gasteiger partial charge < -0.3 is 14.9 Å². The van der Waals surface area contributed by atoms with Crippen molar-refractivity contribution in [3.05, 3.63) is 35.5 Å². The molecule has 2 aliphatic rings. The van der Waals surface area contributed by atoms with Gasteiger partial charge in [0.1, 0.15) is 11.7 Å². The first kappa shape index (κ1) is 20.3. The molecule has 2 fully saturated rings. The van der Waals surface area contributed by atoms with E-state index in [0.29, 0.717) is 44.4 Å². The number of aryl methyl sites for hydroxylation is 1. The molecule has 1 N–H and O–H groups in total. The highest BCUT2D eigenvalue weighted by Crippen LogP contribution is 2.44. The van der Waals surface area contributed by atoms with E-state index in [4.69, 9.17) is 0 Å². The number of hydrogen-bond donors (Lipinski definition) is 1. The minimum atomic E-state index is -1.10. The summed E-state index contributed by atoms with van der Waals surface area (Å²) in [5.74, 6) is -2.52. The fourth-order valence-corrected chi connectivity index (χ4v) is 4.70. The standard InChI is InChI=1S/C21H25FN4O4/c1-3-16(27)24-8-6-21(7-9-24)10-14(20(29)30)26(12-21)19(28)17-18(22)25-11-13(2)4-5-15(25)23-17/h4-5,11,14H,3,6-10,12H2,1-2H3,(H,29,30). The number of carboxylic acids is 1. The van der Waals surface area contributed by atoms with Gasteiger partial charge in [-0.1, -0.05) is 13.0 Å². The number of imidazole rings is 1. The van der Waals surface area contributed by atoms with E-state index < -0.39 is 23.9 Å². The molecule has 8 nitrogen and oxygen atoms in total. The van der Waals surface area contributed by atoms with Crippen LogP contribution in [-0.2, 0) is 9.59 Å². The van der Waals surface area contributed by atoms with Crippen molar-refractivity contribution in [1.82, 2.24) is 19.2 Å². The number of carboxylic acid groups (broad SMARTS) is 1. The number of rotatable bonds is 3. The summed E-state index contributed by atoms with van der Waals surface area (Å²) in [4.78, 5) is 44.2. The number of fused-ring (bicyclic) bond motifs is 1. The van der Waals surface area contributed by atoms with Crippen LogP contribution < -0.4 is 0 Å². The molecular weight excluding hydrogens is 391 g/mol. The molecule has 4 rings (SSSR count). The molecule has 2 saturated heterocycles. The number of aromatic nitrogens is 2. The van der Waals surface area contributed by atoms with Crippen LogP contribution in [0, 0.1) is 18.3 Å². The van der Waals surface area contributed by atoms with Gasteiger partial charge in [0.15, 0.2) is 5.69 Å². The Morgan fingerprint density at radius 1 is 1.27 bits per heavy atom. The van der Waals surface area contributed by atoms with Crippen molar-refractivity contribution in [2.45, 2.75) is 45.6 Å². The summed E-state index contributed by atoms with van der Waals surface area (Å²) in [5.41, 5.74) is 0.376. The summed E-state index contributed by atoms with van der Waals surface area (Å²) >= 11 is 0. The van der Waals surface area contributed by atoms with Crippen molar-refractivity contribution in [1.29, 1.82) is 0 Å². The molecule has 2 amide bonds. The Morgan fingerprint density at radius 3 is 2.60 bits per heavy atom. The van der Waals surface area contributed by atoms with Gasteiger partial charge in [-0.25, -0.2) is 9.78 Å². The quantitative estimate of drug-likeness (QED) is 0.827. The molecule has 4 heterocycles. The summed E-state index contributed by atoms with van der Waals surface area (Å²) in [6.45, 7) is 4.93. The normalized spacial score (nSPS) is 20.8. The van der Waals surface area contributed by atoms with Crippen LogP contribution in [0.1, 0.15) is 48.7 Å². The van der Waals surface area contributed by atoms with E-state index >= 15 is 0 Å². The molecule has 2 aromatic rings. The molecule has 0 saturated carbocycles. The van der Waals surface area contributed by atoms with Crippen LogP contribution in [0.5, 0.6) is 0 Å². The molecule has 1 spiro atoms. The zero-order valence-corrected chi connectivity index (χ0v) is 17.1. The predicted octanol–water partition coefficient (Wildman–Crippen LogP) is 2.10. The van der Waals surface area contributed by atoms with Gasteiger partial charge in [0.2, 0.25) is 11.9 Å². The molecule has 0 radical (unpaired) electrons. The van der Waals surface area contributed by atoms with Crippen molar-refractivity contribution >= 4 is 23.4 Å². The molecule has 1 atom stereocenters. The van der Waals surface area contributed by atoms with Crippen molar-refractivity contribution in [3.8, 4) is 0 Å². The predicted molar refractivity (Wildman–Crippen MR) is 106 cm³/mol. The second-order valence-electron chi connectivity index (χ2n) is 8.41. The third-order valence-electron chi connectivity index (χ3n) is 6.44. The smallest absolute Gasteiger partial charge is 0.326 e. The van der Waals surface area contributed by atoms with E-state index in [9.17, 15) is 23.9 Å². The Kier molecular flexibility index (Phi) is 4.99. The number of halogens is 1. The second-order valence-corrected chi connectivity index (χ2v) is 8.41. The fraction of sp³-hybridized carbons (Fsp3) is 0.524. The highest BCUT2D eigenvalue weighted by Gasteiger charge is 2.51. The second kappa shape index (κ2) is 7.37. The van der Waals surface area contributed by atoms with Crippen molar-refractivity contribution in [2.24, 2.45) is 5.41 Å². The van der Waals surface area contributed by atoms with E-state index in [0.717, 1.165) is 5.56 Å². The molecular formula is C21H25FN4O4. The Hall–Kier alpha value is -2.97. The van der Waals surface area contributed by atoms with Crippen LogP contribution in [0.3, 0.4) is 0 Å². The number of piperidine rings is 1. The van der Waals surface area contributed by atoms with Crippen LogP contribution in [0.4, 0.5) is 4.39 Å². The topological polar surface area (TPSA) is 95.2 Å². The summed E-state index contributed by atoms with van der Waals surface area (Å²) in [6, 6.07) is 2.36. The minimum absolute atomic E-state index is 0.0765. The maximum absolute atomic E-state index is 14.9. The maximum atomic E-state index is 14.9. The number of likely N-dealkylation sites (tertiary alicyclic amines) is 2. The molecule has 9 heteroatoms. The van der Waals surface area contributed by atoms with E-state index in [1.807, 2.05) is 6.92 Å². The van der Waals surface area contributed by atoms with Crippen LogP contribution >= 0.6 is 0 Å². The van der Waals surface area contributed by atoms with Gasteiger partial charge in [0.25, 0.3) is 5.91 Å². The third kappa shape index (κ3) is 3.32. The zero-order chi connectivity index (χ0) is 21.6. The number of nitrogens with zero attached hydrogens (tertiary/aromatic N) is 4. The van der Waals surface area contributed by atoms with Gasteiger partial charge in [-0.3, -0.25) is 14.0 Å². The average Bonchev–Trinajstić information content (AvgIpc) is 3.26. The van der Waals surface area contributed by atoms with Crippen LogP contribution in [0.2, 0.25) is 0 Å².